The van der Waals surface area contributed by atoms with Crippen molar-refractivity contribution in [3.8, 4) is 0 Å². The summed E-state index contributed by atoms with van der Waals surface area (Å²) in [5.74, 6) is -0.801. The van der Waals surface area contributed by atoms with Crippen molar-refractivity contribution in [2.45, 2.75) is 6.18 Å². The molecule has 0 aliphatic rings. The second kappa shape index (κ2) is 5.92. The second-order valence-corrected chi connectivity index (χ2v) is 3.65. The van der Waals surface area contributed by atoms with Crippen molar-refractivity contribution >= 4 is 23.1 Å². The van der Waals surface area contributed by atoms with E-state index in [-0.39, 0.29) is 11.1 Å². The molecule has 0 saturated heterocycles. The van der Waals surface area contributed by atoms with Crippen molar-refractivity contribution in [3.05, 3.63) is 34.8 Å². The maximum Gasteiger partial charge on any atom is 0.433 e. The van der Waals surface area contributed by atoms with E-state index in [4.69, 9.17) is 11.6 Å². The molecule has 8 heteroatoms. The van der Waals surface area contributed by atoms with Gasteiger partial charge in [0.25, 0.3) is 0 Å². The van der Waals surface area contributed by atoms with Crippen LogP contribution in [0.2, 0.25) is 5.15 Å². The summed E-state index contributed by atoms with van der Waals surface area (Å²) in [6, 6.07) is 1.74. The fourth-order valence-corrected chi connectivity index (χ4v) is 1.50. The van der Waals surface area contributed by atoms with E-state index >= 15 is 0 Å². The van der Waals surface area contributed by atoms with E-state index in [0.29, 0.717) is 6.07 Å². The number of ether oxygens (including phenoxy) is 2. The number of carbonyl (C=O) groups excluding carboxylic acids is 1. The van der Waals surface area contributed by atoms with E-state index < -0.39 is 23.0 Å². The monoisotopic (exact) mass is 295 g/mol. The minimum atomic E-state index is -4.61. The van der Waals surface area contributed by atoms with Crippen LogP contribution in [0.15, 0.2) is 18.4 Å². The topological polar surface area (TPSA) is 48.4 Å². The van der Waals surface area contributed by atoms with Gasteiger partial charge in [-0.05, 0) is 12.1 Å². The Balaban J connectivity index is 3.28. The van der Waals surface area contributed by atoms with E-state index in [1.54, 1.807) is 0 Å². The number of nitrogens with zero attached hydrogens (tertiary/aromatic N) is 1. The van der Waals surface area contributed by atoms with E-state index in [1.807, 2.05) is 0 Å². The van der Waals surface area contributed by atoms with Gasteiger partial charge in [-0.25, -0.2) is 9.78 Å². The third kappa shape index (κ3) is 3.60. The number of halogens is 4. The largest absolute Gasteiger partial charge is 0.503 e. The summed E-state index contributed by atoms with van der Waals surface area (Å²) < 4.78 is 46.4. The third-order valence-corrected chi connectivity index (χ3v) is 2.36. The maximum absolute atomic E-state index is 12.4. The summed E-state index contributed by atoms with van der Waals surface area (Å²) in [5.41, 5.74) is -1.29. The molecule has 0 radical (unpaired) electrons. The molecule has 0 fully saturated rings. The average molecular weight is 296 g/mol. The maximum atomic E-state index is 12.4. The third-order valence-electron chi connectivity index (χ3n) is 2.07. The summed E-state index contributed by atoms with van der Waals surface area (Å²) in [6.07, 6.45) is -3.60. The number of aromatic nitrogens is 1. The number of pyridine rings is 1. The number of alkyl halides is 3. The zero-order valence-electron chi connectivity index (χ0n) is 9.92. The SMILES string of the molecule is CO/C=C(/C(=O)OC)c1ccc(C(F)(F)F)nc1Cl. The minimum Gasteiger partial charge on any atom is -0.503 e. The molecular formula is C11H9ClF3NO3. The number of esters is 1. The lowest BCUT2D eigenvalue weighted by atomic mass is 10.1. The van der Waals surface area contributed by atoms with Crippen LogP contribution in [0.3, 0.4) is 0 Å². The molecule has 104 valence electrons. The number of carbonyl (C=O) groups is 1. The van der Waals surface area contributed by atoms with Crippen molar-refractivity contribution in [1.82, 2.24) is 4.98 Å². The molecule has 0 atom stereocenters. The van der Waals surface area contributed by atoms with Gasteiger partial charge in [-0.2, -0.15) is 13.2 Å². The van der Waals surface area contributed by atoms with Crippen LogP contribution in [-0.2, 0) is 20.4 Å². The second-order valence-electron chi connectivity index (χ2n) is 3.29. The number of hydrogen-bond donors (Lipinski definition) is 0. The first-order valence-electron chi connectivity index (χ1n) is 4.86. The van der Waals surface area contributed by atoms with Gasteiger partial charge in [-0.3, -0.25) is 0 Å². The van der Waals surface area contributed by atoms with E-state index in [1.165, 1.54) is 7.11 Å². The van der Waals surface area contributed by atoms with Gasteiger partial charge in [0.1, 0.15) is 16.4 Å². The fraction of sp³-hybridized carbons (Fsp3) is 0.273. The van der Waals surface area contributed by atoms with E-state index in [9.17, 15) is 18.0 Å². The number of methoxy groups -OCH3 is 2. The quantitative estimate of drug-likeness (QED) is 0.372. The van der Waals surface area contributed by atoms with Crippen LogP contribution < -0.4 is 0 Å². The molecule has 19 heavy (non-hydrogen) atoms. The summed E-state index contributed by atoms with van der Waals surface area (Å²) in [7, 11) is 2.39. The van der Waals surface area contributed by atoms with Gasteiger partial charge in [0, 0.05) is 5.56 Å². The lowest BCUT2D eigenvalue weighted by molar-refractivity contribution is -0.141. The van der Waals surface area contributed by atoms with Crippen LogP contribution in [0, 0.1) is 0 Å². The van der Waals surface area contributed by atoms with Gasteiger partial charge in [-0.15, -0.1) is 0 Å². The first-order chi connectivity index (χ1) is 8.81. The van der Waals surface area contributed by atoms with Crippen molar-refractivity contribution < 1.29 is 27.4 Å². The molecule has 0 amide bonds. The van der Waals surface area contributed by atoms with Gasteiger partial charge in [0.05, 0.1) is 20.5 Å². The highest BCUT2D eigenvalue weighted by molar-refractivity contribution is 6.33. The van der Waals surface area contributed by atoms with Gasteiger partial charge < -0.3 is 9.47 Å². The Morgan fingerprint density at radius 2 is 2.00 bits per heavy atom. The Morgan fingerprint density at radius 1 is 1.37 bits per heavy atom. The van der Waals surface area contributed by atoms with Gasteiger partial charge in [0.2, 0.25) is 0 Å². The van der Waals surface area contributed by atoms with Crippen LogP contribution in [0.1, 0.15) is 11.3 Å². The van der Waals surface area contributed by atoms with Crippen LogP contribution >= 0.6 is 11.6 Å². The molecule has 0 aromatic carbocycles. The van der Waals surface area contributed by atoms with E-state index in [2.05, 4.69) is 14.5 Å². The Labute approximate surface area is 111 Å². The minimum absolute atomic E-state index is 0.0108. The van der Waals surface area contributed by atoms with Crippen molar-refractivity contribution in [2.24, 2.45) is 0 Å². The zero-order valence-corrected chi connectivity index (χ0v) is 10.7. The molecule has 1 heterocycles. The Hall–Kier alpha value is -1.76. The van der Waals surface area contributed by atoms with Gasteiger partial charge in [0.15, 0.2) is 0 Å². The number of hydrogen-bond acceptors (Lipinski definition) is 4. The van der Waals surface area contributed by atoms with Gasteiger partial charge in [-0.1, -0.05) is 11.6 Å². The molecule has 0 unspecified atom stereocenters. The predicted octanol–water partition coefficient (Wildman–Crippen LogP) is 2.91. The fourth-order valence-electron chi connectivity index (χ4n) is 1.24. The molecule has 0 spiro atoms. The van der Waals surface area contributed by atoms with Crippen LogP contribution in [0.5, 0.6) is 0 Å². The normalized spacial score (nSPS) is 12.2. The smallest absolute Gasteiger partial charge is 0.433 e. The zero-order chi connectivity index (χ0) is 14.6. The molecule has 1 rings (SSSR count). The Morgan fingerprint density at radius 3 is 2.42 bits per heavy atom. The molecule has 0 aliphatic carbocycles. The highest BCUT2D eigenvalue weighted by atomic mass is 35.5. The Bertz CT molecular complexity index is 514. The molecule has 0 saturated carbocycles. The first-order valence-corrected chi connectivity index (χ1v) is 5.24. The van der Waals surface area contributed by atoms with Crippen molar-refractivity contribution in [1.29, 1.82) is 0 Å². The van der Waals surface area contributed by atoms with Gasteiger partial charge >= 0.3 is 12.1 Å². The van der Waals surface area contributed by atoms with Crippen LogP contribution in [-0.4, -0.2) is 25.2 Å². The summed E-state index contributed by atoms with van der Waals surface area (Å²) in [5, 5.41) is -0.469. The molecule has 1 aromatic heterocycles. The highest BCUT2D eigenvalue weighted by Gasteiger charge is 2.33. The highest BCUT2D eigenvalue weighted by Crippen LogP contribution is 2.31. The molecule has 4 nitrogen and oxygen atoms in total. The summed E-state index contributed by atoms with van der Waals surface area (Å²) in [4.78, 5) is 14.7. The lowest BCUT2D eigenvalue weighted by Crippen LogP contribution is -2.10. The lowest BCUT2D eigenvalue weighted by Gasteiger charge is -2.10. The van der Waals surface area contributed by atoms with Crippen molar-refractivity contribution in [3.63, 3.8) is 0 Å². The first kappa shape index (κ1) is 15.3. The molecular weight excluding hydrogens is 287 g/mol. The standard InChI is InChI=1S/C11H9ClF3NO3/c1-18-5-7(10(17)19-2)6-3-4-8(11(13,14)15)16-9(6)12/h3-5H,1-2H3/b7-5+. The van der Waals surface area contributed by atoms with E-state index in [0.717, 1.165) is 19.4 Å². The molecule has 0 aliphatic heterocycles. The number of rotatable bonds is 3. The van der Waals surface area contributed by atoms with Crippen LogP contribution in [0.4, 0.5) is 13.2 Å². The summed E-state index contributed by atoms with van der Waals surface area (Å²) in [6.45, 7) is 0. The van der Waals surface area contributed by atoms with Crippen LogP contribution in [0.25, 0.3) is 5.57 Å². The predicted molar refractivity (Wildman–Crippen MR) is 61.3 cm³/mol. The van der Waals surface area contributed by atoms with Crippen molar-refractivity contribution in [2.75, 3.05) is 14.2 Å². The molecule has 1 aromatic rings. The molecule has 0 bridgehead atoms. The average Bonchev–Trinajstić information content (AvgIpc) is 2.34. The Kier molecular flexibility index (Phi) is 4.77. The molecule has 0 N–H and O–H groups in total. The summed E-state index contributed by atoms with van der Waals surface area (Å²) >= 11 is 5.65.